The summed E-state index contributed by atoms with van der Waals surface area (Å²) in [5, 5.41) is 16.4. The second kappa shape index (κ2) is 11.8. The van der Waals surface area contributed by atoms with Crippen molar-refractivity contribution in [1.29, 1.82) is 10.7 Å². The Morgan fingerprint density at radius 3 is 2.89 bits per heavy atom. The maximum absolute atomic E-state index is 12.6. The van der Waals surface area contributed by atoms with Crippen molar-refractivity contribution >= 4 is 17.8 Å². The molecule has 1 aliphatic rings. The number of likely N-dealkylation sites (tertiary alicyclic amines) is 1. The molecule has 0 amide bonds. The minimum absolute atomic E-state index is 0.0946. The third-order valence-corrected chi connectivity index (χ3v) is 5.60. The smallest absolute Gasteiger partial charge is 0.188 e. The molecular formula is C26H29N5O4. The highest BCUT2D eigenvalue weighted by molar-refractivity contribution is 6.05. The summed E-state index contributed by atoms with van der Waals surface area (Å²) >= 11 is 0. The van der Waals surface area contributed by atoms with E-state index in [4.69, 9.17) is 30.6 Å². The molecule has 2 aromatic rings. The number of nitrogens with one attached hydrogen (secondary N) is 2. The third-order valence-electron chi connectivity index (χ3n) is 5.60. The first-order chi connectivity index (χ1) is 16.9. The Balaban J connectivity index is 1.69. The Morgan fingerprint density at radius 2 is 2.20 bits per heavy atom. The lowest BCUT2D eigenvalue weighted by atomic mass is 10.0. The van der Waals surface area contributed by atoms with Crippen molar-refractivity contribution < 1.29 is 19.0 Å². The van der Waals surface area contributed by atoms with Gasteiger partial charge in [-0.2, -0.15) is 5.26 Å². The predicted octanol–water partition coefficient (Wildman–Crippen LogP) is 3.51. The number of carbonyl (C=O) groups is 1. The van der Waals surface area contributed by atoms with E-state index >= 15 is 0 Å². The number of hydrogen-bond acceptors (Lipinski definition) is 8. The quantitative estimate of drug-likeness (QED) is 0.140. The summed E-state index contributed by atoms with van der Waals surface area (Å²) in [5.74, 6) is 0.841. The number of hydrogen-bond donors (Lipinski definition) is 3. The van der Waals surface area contributed by atoms with E-state index in [1.165, 1.54) is 19.3 Å². The molecule has 1 saturated heterocycles. The number of nitriles is 1. The zero-order valence-electron chi connectivity index (χ0n) is 19.8. The topological polar surface area (TPSA) is 137 Å². The Labute approximate surface area is 204 Å². The van der Waals surface area contributed by atoms with Crippen LogP contribution in [0.5, 0.6) is 5.75 Å². The lowest BCUT2D eigenvalue weighted by Gasteiger charge is -2.34. The van der Waals surface area contributed by atoms with Gasteiger partial charge in [-0.3, -0.25) is 9.69 Å². The molecule has 0 atom stereocenters. The highest BCUT2D eigenvalue weighted by atomic mass is 16.5. The molecular weight excluding hydrogens is 446 g/mol. The van der Waals surface area contributed by atoms with Crippen LogP contribution in [0, 0.1) is 29.6 Å². The van der Waals surface area contributed by atoms with Gasteiger partial charge in [0, 0.05) is 43.2 Å². The molecule has 1 aromatic heterocycles. The molecule has 0 unspecified atom stereocenters. The average Bonchev–Trinajstić information content (AvgIpc) is 3.19. The first kappa shape index (κ1) is 25.5. The zero-order chi connectivity index (χ0) is 25.4. The van der Waals surface area contributed by atoms with Crippen molar-refractivity contribution in [3.8, 4) is 11.8 Å². The normalized spacial score (nSPS) is 14.7. The minimum atomic E-state index is -0.317. The van der Waals surface area contributed by atoms with Crippen LogP contribution in [0.15, 0.2) is 60.6 Å². The number of nitrogens with two attached hydrogens (primary N) is 1. The van der Waals surface area contributed by atoms with Crippen LogP contribution in [-0.4, -0.2) is 48.8 Å². The molecule has 0 saturated carbocycles. The lowest BCUT2D eigenvalue weighted by molar-refractivity contribution is -0.0264. The van der Waals surface area contributed by atoms with Gasteiger partial charge in [-0.1, -0.05) is 18.7 Å². The van der Waals surface area contributed by atoms with Crippen LogP contribution in [0.25, 0.3) is 5.76 Å². The van der Waals surface area contributed by atoms with Gasteiger partial charge >= 0.3 is 0 Å². The highest BCUT2D eigenvalue weighted by Gasteiger charge is 2.26. The van der Waals surface area contributed by atoms with Crippen molar-refractivity contribution in [3.05, 3.63) is 83.0 Å². The number of methoxy groups -OCH3 is 1. The maximum atomic E-state index is 12.6. The fourth-order valence-corrected chi connectivity index (χ4v) is 3.49. The largest absolute Gasteiger partial charge is 0.495 e. The highest BCUT2D eigenvalue weighted by Crippen LogP contribution is 2.26. The molecule has 9 nitrogen and oxygen atoms in total. The first-order valence-corrected chi connectivity index (χ1v) is 11.0. The zero-order valence-corrected chi connectivity index (χ0v) is 19.8. The van der Waals surface area contributed by atoms with Crippen LogP contribution in [0.4, 0.5) is 0 Å². The van der Waals surface area contributed by atoms with Crippen LogP contribution in [0.1, 0.15) is 27.2 Å². The monoisotopic (exact) mass is 475 g/mol. The van der Waals surface area contributed by atoms with Crippen LogP contribution in [0.3, 0.4) is 0 Å². The average molecular weight is 476 g/mol. The van der Waals surface area contributed by atoms with Gasteiger partial charge < -0.3 is 30.3 Å². The number of nitrogens with zero attached hydrogens (tertiary/aromatic N) is 2. The maximum Gasteiger partial charge on any atom is 0.188 e. The molecule has 3 rings (SSSR count). The van der Waals surface area contributed by atoms with Crippen LogP contribution in [0.2, 0.25) is 0 Å². The fourth-order valence-electron chi connectivity index (χ4n) is 3.49. The number of ketones is 1. The molecule has 1 fully saturated rings. The van der Waals surface area contributed by atoms with E-state index in [-0.39, 0.29) is 23.2 Å². The number of H-pyrrole nitrogens is 1. The summed E-state index contributed by atoms with van der Waals surface area (Å²) in [7, 11) is 1.43. The summed E-state index contributed by atoms with van der Waals surface area (Å²) in [6.07, 6.45) is 5.76. The van der Waals surface area contributed by atoms with E-state index in [0.29, 0.717) is 36.1 Å². The Morgan fingerprint density at radius 1 is 1.43 bits per heavy atom. The van der Waals surface area contributed by atoms with E-state index in [0.717, 1.165) is 30.4 Å². The molecule has 0 spiro atoms. The SMILES string of the molecule is C=C(OC)/C(N)=C/C(=O)c1cccc(O/C(=C/C=N)c2[nH]cc(COCN3CC(C#N)C3)c2C)c1. The van der Waals surface area contributed by atoms with Crippen molar-refractivity contribution in [3.63, 3.8) is 0 Å². The van der Waals surface area contributed by atoms with Gasteiger partial charge in [0.1, 0.15) is 11.5 Å². The number of allylic oxidation sites excluding steroid dienone is 2. The first-order valence-electron chi connectivity index (χ1n) is 11.0. The van der Waals surface area contributed by atoms with E-state index in [9.17, 15) is 4.79 Å². The van der Waals surface area contributed by atoms with Crippen LogP contribution in [-0.2, 0) is 16.1 Å². The molecule has 0 radical (unpaired) electrons. The predicted molar refractivity (Wildman–Crippen MR) is 132 cm³/mol. The van der Waals surface area contributed by atoms with Gasteiger partial charge in [-0.05, 0) is 30.2 Å². The molecule has 2 heterocycles. The Hall–Kier alpha value is -4.13. The van der Waals surface area contributed by atoms with Crippen molar-refractivity contribution in [2.75, 3.05) is 26.9 Å². The number of rotatable bonds is 12. The van der Waals surface area contributed by atoms with E-state index < -0.39 is 0 Å². The second-order valence-electron chi connectivity index (χ2n) is 8.07. The summed E-state index contributed by atoms with van der Waals surface area (Å²) in [6, 6.07) is 8.92. The van der Waals surface area contributed by atoms with Gasteiger partial charge in [0.05, 0.1) is 43.8 Å². The Bertz CT molecular complexity index is 1200. The molecule has 1 aliphatic heterocycles. The molecule has 0 aliphatic carbocycles. The van der Waals surface area contributed by atoms with Crippen molar-refractivity contribution in [2.24, 2.45) is 11.7 Å². The molecule has 0 bridgehead atoms. The van der Waals surface area contributed by atoms with Gasteiger partial charge in [0.15, 0.2) is 11.5 Å². The fraction of sp³-hybridized carbons (Fsp3) is 0.269. The molecule has 1 aromatic carbocycles. The van der Waals surface area contributed by atoms with E-state index in [1.807, 2.05) is 13.1 Å². The van der Waals surface area contributed by atoms with E-state index in [1.54, 1.807) is 24.3 Å². The van der Waals surface area contributed by atoms with Crippen molar-refractivity contribution in [2.45, 2.75) is 13.5 Å². The van der Waals surface area contributed by atoms with Gasteiger partial charge in [0.2, 0.25) is 0 Å². The van der Waals surface area contributed by atoms with Crippen molar-refractivity contribution in [1.82, 2.24) is 9.88 Å². The minimum Gasteiger partial charge on any atom is -0.495 e. The lowest BCUT2D eigenvalue weighted by Crippen LogP contribution is -2.46. The summed E-state index contributed by atoms with van der Waals surface area (Å²) in [4.78, 5) is 17.8. The van der Waals surface area contributed by atoms with Crippen LogP contribution >= 0.6 is 0 Å². The Kier molecular flexibility index (Phi) is 8.62. The molecule has 35 heavy (non-hydrogen) atoms. The van der Waals surface area contributed by atoms with Gasteiger partial charge in [-0.25, -0.2) is 0 Å². The van der Waals surface area contributed by atoms with Crippen LogP contribution < -0.4 is 10.5 Å². The number of aromatic amines is 1. The van der Waals surface area contributed by atoms with Gasteiger partial charge in [-0.15, -0.1) is 0 Å². The summed E-state index contributed by atoms with van der Waals surface area (Å²) < 4.78 is 16.8. The number of aromatic nitrogens is 1. The molecule has 182 valence electrons. The number of ether oxygens (including phenoxy) is 3. The standard InChI is InChI=1S/C26H29N5O4/c1-17-21(15-34-16-31-13-19(11-28)14-31)12-30-26(17)25(7-8-27)35-22-6-4-5-20(9-22)24(32)10-23(29)18(2)33-3/h4-10,12,19,27,30H,2,13-16,29H2,1,3H3/b23-10-,25-7+,27-8?. The number of benzene rings is 1. The molecule has 9 heteroatoms. The second-order valence-corrected chi connectivity index (χ2v) is 8.07. The number of carbonyl (C=O) groups excluding carboxylic acids is 1. The summed E-state index contributed by atoms with van der Waals surface area (Å²) in [5.41, 5.74) is 8.93. The molecule has 4 N–H and O–H groups in total. The third kappa shape index (κ3) is 6.47. The summed E-state index contributed by atoms with van der Waals surface area (Å²) in [6.45, 7) is 7.92. The van der Waals surface area contributed by atoms with E-state index in [2.05, 4.69) is 22.5 Å². The van der Waals surface area contributed by atoms with Gasteiger partial charge in [0.25, 0.3) is 0 Å².